The van der Waals surface area contributed by atoms with Crippen LogP contribution in [-0.4, -0.2) is 25.9 Å². The van der Waals surface area contributed by atoms with E-state index in [0.29, 0.717) is 5.82 Å². The van der Waals surface area contributed by atoms with Crippen molar-refractivity contribution in [2.24, 2.45) is 27.5 Å². The largest absolute Gasteiger partial charge is 0.390 e. The minimum Gasteiger partial charge on any atom is -0.390 e. The van der Waals surface area contributed by atoms with Gasteiger partial charge in [-0.2, -0.15) is 8.42 Å². The molecule has 22 heavy (non-hydrogen) atoms. The molecule has 0 aromatic carbocycles. The van der Waals surface area contributed by atoms with Crippen LogP contribution in [0.1, 0.15) is 25.3 Å². The lowest BCUT2D eigenvalue weighted by molar-refractivity contribution is 0.253. The molecule has 122 valence electrons. The lowest BCUT2D eigenvalue weighted by Crippen LogP contribution is -2.32. The summed E-state index contributed by atoms with van der Waals surface area (Å²) in [6.45, 7) is 4.15. The quantitative estimate of drug-likeness (QED) is 0.445. The summed E-state index contributed by atoms with van der Waals surface area (Å²) in [6, 6.07) is 2.07. The van der Waals surface area contributed by atoms with Crippen molar-refractivity contribution in [2.45, 2.75) is 25.3 Å². The molecule has 2 atom stereocenters. The van der Waals surface area contributed by atoms with Crippen LogP contribution in [0.25, 0.3) is 12.4 Å². The minimum atomic E-state index is -3.88. The van der Waals surface area contributed by atoms with E-state index >= 15 is 0 Å². The van der Waals surface area contributed by atoms with Gasteiger partial charge in [0.25, 0.3) is 0 Å². The molecule has 1 saturated carbocycles. The Hall–Kier alpha value is -1.84. The Morgan fingerprint density at radius 1 is 1.55 bits per heavy atom. The van der Waals surface area contributed by atoms with Gasteiger partial charge in [0.05, 0.1) is 12.9 Å². The van der Waals surface area contributed by atoms with E-state index in [9.17, 15) is 8.42 Å². The van der Waals surface area contributed by atoms with Crippen molar-refractivity contribution in [3.63, 3.8) is 0 Å². The van der Waals surface area contributed by atoms with Crippen molar-refractivity contribution in [1.29, 1.82) is 0 Å². The topological polar surface area (TPSA) is 139 Å². The van der Waals surface area contributed by atoms with E-state index in [1.807, 2.05) is 16.8 Å². The van der Waals surface area contributed by atoms with Crippen LogP contribution in [0.15, 0.2) is 17.3 Å². The highest BCUT2D eigenvalue weighted by atomic mass is 32.2. The molecule has 6 N–H and O–H groups in total. The van der Waals surface area contributed by atoms with E-state index in [-0.39, 0.29) is 18.6 Å². The average molecular weight is 327 g/mol. The zero-order valence-corrected chi connectivity index (χ0v) is 13.0. The van der Waals surface area contributed by atoms with Crippen molar-refractivity contribution in [3.05, 3.63) is 22.8 Å². The maximum atomic E-state index is 10.8. The molecule has 1 aromatic rings. The molecule has 0 unspecified atom stereocenters. The number of rotatable bonds is 5. The first kappa shape index (κ1) is 16.5. The van der Waals surface area contributed by atoms with Crippen molar-refractivity contribution in [2.75, 3.05) is 6.61 Å². The molecule has 1 aliphatic rings. The van der Waals surface area contributed by atoms with Gasteiger partial charge in [0, 0.05) is 22.8 Å². The molecule has 0 spiro atoms. The first-order valence-electron chi connectivity index (χ1n) is 6.88. The fourth-order valence-corrected chi connectivity index (χ4v) is 3.23. The summed E-state index contributed by atoms with van der Waals surface area (Å²) in [5, 5.41) is 6.35. The average Bonchev–Trinajstić information content (AvgIpc) is 3.02. The van der Waals surface area contributed by atoms with Gasteiger partial charge in [-0.15, -0.1) is 0 Å². The van der Waals surface area contributed by atoms with Gasteiger partial charge < -0.3 is 16.0 Å². The van der Waals surface area contributed by atoms with Crippen LogP contribution in [0.4, 0.5) is 0 Å². The number of nitrogens with two attached hydrogens (primary N) is 3. The number of hydrogen-bond donors (Lipinski definition) is 3. The zero-order valence-electron chi connectivity index (χ0n) is 12.2. The predicted molar refractivity (Wildman–Crippen MR) is 84.9 cm³/mol. The van der Waals surface area contributed by atoms with E-state index < -0.39 is 10.3 Å². The highest BCUT2D eigenvalue weighted by Crippen LogP contribution is 2.33. The smallest absolute Gasteiger partial charge is 0.333 e. The monoisotopic (exact) mass is 327 g/mol. The Morgan fingerprint density at radius 2 is 2.27 bits per heavy atom. The molecule has 0 saturated heterocycles. The lowest BCUT2D eigenvalue weighted by atomic mass is 10.1. The van der Waals surface area contributed by atoms with Gasteiger partial charge in [-0.25, -0.2) is 10.1 Å². The third-order valence-electron chi connectivity index (χ3n) is 3.89. The molecule has 9 heteroatoms. The summed E-state index contributed by atoms with van der Waals surface area (Å²) < 4.78 is 28.4. The van der Waals surface area contributed by atoms with Gasteiger partial charge in [-0.05, 0) is 31.2 Å². The molecule has 1 aromatic heterocycles. The number of aromatic nitrogens is 1. The van der Waals surface area contributed by atoms with Gasteiger partial charge in [-0.1, -0.05) is 6.58 Å². The zero-order chi connectivity index (χ0) is 16.3. The first-order chi connectivity index (χ1) is 10.3. The SMILES string of the molecule is C=c1/c(=C(N)\N=C/N)ccn1[C@H]1CC[C@H](COS(N)(=O)=O)C1. The second kappa shape index (κ2) is 6.51. The van der Waals surface area contributed by atoms with Gasteiger partial charge in [0.1, 0.15) is 5.82 Å². The summed E-state index contributed by atoms with van der Waals surface area (Å²) in [6.07, 6.45) is 5.63. The molecule has 8 nitrogen and oxygen atoms in total. The van der Waals surface area contributed by atoms with Gasteiger partial charge in [0.2, 0.25) is 0 Å². The molecular formula is C13H21N5O3S. The van der Waals surface area contributed by atoms with Crippen molar-refractivity contribution in [1.82, 2.24) is 4.57 Å². The first-order valence-corrected chi connectivity index (χ1v) is 8.36. The Kier molecular flexibility index (Phi) is 4.89. The van der Waals surface area contributed by atoms with Gasteiger partial charge >= 0.3 is 10.3 Å². The lowest BCUT2D eigenvalue weighted by Gasteiger charge is -2.13. The highest BCUT2D eigenvalue weighted by Gasteiger charge is 2.27. The van der Waals surface area contributed by atoms with E-state index in [1.54, 1.807) is 0 Å². The third-order valence-corrected chi connectivity index (χ3v) is 4.35. The maximum Gasteiger partial charge on any atom is 0.333 e. The van der Waals surface area contributed by atoms with Crippen LogP contribution in [0.3, 0.4) is 0 Å². The molecule has 1 heterocycles. The highest BCUT2D eigenvalue weighted by molar-refractivity contribution is 7.84. The van der Waals surface area contributed by atoms with Crippen LogP contribution in [0.2, 0.25) is 0 Å². The summed E-state index contributed by atoms with van der Waals surface area (Å²) in [7, 11) is -3.88. The molecule has 0 aliphatic heterocycles. The van der Waals surface area contributed by atoms with E-state index in [0.717, 1.165) is 36.2 Å². The normalized spacial score (nSPS) is 24.0. The molecular weight excluding hydrogens is 306 g/mol. The molecule has 1 fully saturated rings. The molecule has 0 radical (unpaired) electrons. The number of hydrogen-bond acceptors (Lipinski definition) is 5. The van der Waals surface area contributed by atoms with Gasteiger partial charge in [-0.3, -0.25) is 4.18 Å². The van der Waals surface area contributed by atoms with Crippen LogP contribution in [-0.2, 0) is 14.5 Å². The van der Waals surface area contributed by atoms with Gasteiger partial charge in [0.15, 0.2) is 0 Å². The van der Waals surface area contributed by atoms with Crippen molar-refractivity contribution >= 4 is 29.0 Å². The Morgan fingerprint density at radius 3 is 2.91 bits per heavy atom. The molecule has 0 amide bonds. The number of nitrogens with zero attached hydrogens (tertiary/aromatic N) is 2. The summed E-state index contributed by atoms with van der Waals surface area (Å²) in [4.78, 5) is 3.86. The Bertz CT molecular complexity index is 768. The number of aliphatic imine (C=N–C) groups is 1. The summed E-state index contributed by atoms with van der Waals surface area (Å²) in [5.74, 6) is 0.468. The van der Waals surface area contributed by atoms with Crippen LogP contribution in [0, 0.1) is 5.92 Å². The molecule has 0 bridgehead atoms. The van der Waals surface area contributed by atoms with E-state index in [2.05, 4.69) is 15.8 Å². The second-order valence-corrected chi connectivity index (χ2v) is 6.58. The van der Waals surface area contributed by atoms with E-state index in [1.165, 1.54) is 0 Å². The van der Waals surface area contributed by atoms with Crippen LogP contribution >= 0.6 is 0 Å². The summed E-state index contributed by atoms with van der Waals surface area (Å²) >= 11 is 0. The second-order valence-electron chi connectivity index (χ2n) is 5.36. The maximum absolute atomic E-state index is 10.8. The summed E-state index contributed by atoms with van der Waals surface area (Å²) in [5.41, 5.74) is 11.1. The molecule has 2 rings (SSSR count). The standard InChI is InChI=1S/C13H21N5O3S/c1-9-12(13(15)17-8-14)4-5-18(9)11-3-2-10(6-11)7-21-22(16,19)20/h4-5,8,10-11H,1-3,6-7,15H2,(H2,14,17)(H2,16,19,20)/b13-12-/t10-,11-/m0/s1. The van der Waals surface area contributed by atoms with Crippen molar-refractivity contribution < 1.29 is 12.6 Å². The molecule has 1 aliphatic carbocycles. The third kappa shape index (κ3) is 3.87. The fraction of sp³-hybridized carbons (Fsp3) is 0.462. The van der Waals surface area contributed by atoms with E-state index in [4.69, 9.17) is 16.6 Å². The van der Waals surface area contributed by atoms with Crippen LogP contribution in [0.5, 0.6) is 0 Å². The minimum absolute atomic E-state index is 0.113. The van der Waals surface area contributed by atoms with Crippen LogP contribution < -0.4 is 27.2 Å². The predicted octanol–water partition coefficient (Wildman–Crippen LogP) is -1.53. The fourth-order valence-electron chi connectivity index (χ4n) is 2.85. The van der Waals surface area contributed by atoms with Crippen molar-refractivity contribution in [3.8, 4) is 0 Å². The Labute approximate surface area is 129 Å². The Balaban J connectivity index is 2.12.